The molecular formula is C28H22O8. The van der Waals surface area contributed by atoms with Crippen LogP contribution in [0.15, 0.2) is 60.7 Å². The zero-order chi connectivity index (χ0) is 25.8. The van der Waals surface area contributed by atoms with Gasteiger partial charge in [-0.2, -0.15) is 0 Å². The van der Waals surface area contributed by atoms with Crippen molar-refractivity contribution in [3.63, 3.8) is 0 Å². The summed E-state index contributed by atoms with van der Waals surface area (Å²) in [6, 6.07) is 17.5. The zero-order valence-electron chi connectivity index (χ0n) is 20.0. The molecule has 182 valence electrons. The predicted octanol–water partition coefficient (Wildman–Crippen LogP) is 3.76. The Morgan fingerprint density at radius 3 is 1.00 bits per heavy atom. The van der Waals surface area contributed by atoms with Crippen molar-refractivity contribution in [3.05, 3.63) is 82.9 Å². The van der Waals surface area contributed by atoms with E-state index in [-0.39, 0.29) is 22.3 Å². The Labute approximate surface area is 206 Å². The van der Waals surface area contributed by atoms with Gasteiger partial charge in [-0.25, -0.2) is 0 Å². The van der Waals surface area contributed by atoms with Crippen LogP contribution in [0.25, 0.3) is 22.3 Å². The number of hydrogen-bond donors (Lipinski definition) is 0. The first-order valence-corrected chi connectivity index (χ1v) is 11.1. The van der Waals surface area contributed by atoms with Crippen LogP contribution >= 0.6 is 0 Å². The number of Topliss-reactive ketones (excluding diaryl/α,β-unsaturated/α-hetero) is 4. The quantitative estimate of drug-likeness (QED) is 0.383. The Kier molecular flexibility index (Phi) is 5.57. The highest BCUT2D eigenvalue weighted by Gasteiger charge is 2.55. The maximum absolute atomic E-state index is 12.9. The largest absolute Gasteiger partial charge is 0.341 e. The molecule has 5 rings (SSSR count). The summed E-state index contributed by atoms with van der Waals surface area (Å²) < 4.78 is 20.6. The van der Waals surface area contributed by atoms with Crippen molar-refractivity contribution in [2.75, 3.05) is 28.4 Å². The van der Waals surface area contributed by atoms with Gasteiger partial charge in [-0.3, -0.25) is 19.2 Å². The number of fused-ring (bicyclic) bond motifs is 2. The van der Waals surface area contributed by atoms with Crippen LogP contribution in [0.2, 0.25) is 0 Å². The monoisotopic (exact) mass is 486 g/mol. The van der Waals surface area contributed by atoms with Crippen molar-refractivity contribution in [3.8, 4) is 22.3 Å². The third kappa shape index (κ3) is 3.02. The summed E-state index contributed by atoms with van der Waals surface area (Å²) in [5.41, 5.74) is 4.11. The SMILES string of the molecule is COC1(OC)C(=O)c2ccc(-c3ccc(-c4ccc5c(c4)C(=O)C(OC)(OC)C5=O)cc3)cc2C1=O. The molecule has 2 aliphatic rings. The highest BCUT2D eigenvalue weighted by molar-refractivity contribution is 6.32. The molecule has 2 aliphatic carbocycles. The van der Waals surface area contributed by atoms with E-state index in [1.54, 1.807) is 36.4 Å². The van der Waals surface area contributed by atoms with E-state index in [2.05, 4.69) is 0 Å². The molecule has 0 atom stereocenters. The minimum atomic E-state index is -1.94. The molecule has 3 aromatic carbocycles. The second-order valence-corrected chi connectivity index (χ2v) is 8.46. The van der Waals surface area contributed by atoms with Gasteiger partial charge in [-0.1, -0.05) is 36.4 Å². The van der Waals surface area contributed by atoms with Gasteiger partial charge in [0, 0.05) is 50.7 Å². The Morgan fingerprint density at radius 1 is 0.417 bits per heavy atom. The summed E-state index contributed by atoms with van der Waals surface area (Å²) in [6.45, 7) is 0. The summed E-state index contributed by atoms with van der Waals surface area (Å²) in [5, 5.41) is 0. The molecule has 0 N–H and O–H groups in total. The lowest BCUT2D eigenvalue weighted by atomic mass is 9.96. The van der Waals surface area contributed by atoms with Crippen molar-refractivity contribution in [1.29, 1.82) is 0 Å². The van der Waals surface area contributed by atoms with Crippen molar-refractivity contribution in [2.45, 2.75) is 11.6 Å². The zero-order valence-corrected chi connectivity index (χ0v) is 20.0. The predicted molar refractivity (Wildman–Crippen MR) is 128 cm³/mol. The molecule has 8 heteroatoms. The number of hydrogen-bond acceptors (Lipinski definition) is 8. The van der Waals surface area contributed by atoms with E-state index in [0.717, 1.165) is 22.3 Å². The molecule has 0 heterocycles. The lowest BCUT2D eigenvalue weighted by molar-refractivity contribution is -0.133. The van der Waals surface area contributed by atoms with E-state index in [1.165, 1.54) is 28.4 Å². The summed E-state index contributed by atoms with van der Waals surface area (Å²) in [4.78, 5) is 51.2. The molecule has 0 saturated carbocycles. The molecule has 0 unspecified atom stereocenters. The number of rotatable bonds is 6. The van der Waals surface area contributed by atoms with Crippen LogP contribution in [-0.4, -0.2) is 63.1 Å². The second-order valence-electron chi connectivity index (χ2n) is 8.46. The molecule has 36 heavy (non-hydrogen) atoms. The van der Waals surface area contributed by atoms with Crippen LogP contribution in [0, 0.1) is 0 Å². The number of benzene rings is 3. The first-order chi connectivity index (χ1) is 17.3. The minimum Gasteiger partial charge on any atom is -0.341 e. The fourth-order valence-corrected chi connectivity index (χ4v) is 4.90. The standard InChI is InChI=1S/C28H22O8/c1-33-27(34-2)23(29)19-11-9-17(13-21(19)25(27)31)15-5-7-16(8-6-15)18-10-12-20-22(14-18)26(32)28(35-3,36-4)24(20)30/h5-14H,1-4H3. The van der Waals surface area contributed by atoms with E-state index >= 15 is 0 Å². The maximum atomic E-state index is 12.9. The van der Waals surface area contributed by atoms with Crippen molar-refractivity contribution in [1.82, 2.24) is 0 Å². The minimum absolute atomic E-state index is 0.242. The highest BCUT2D eigenvalue weighted by atomic mass is 16.7. The normalized spacial score (nSPS) is 17.4. The molecule has 8 nitrogen and oxygen atoms in total. The molecule has 3 aromatic rings. The average molecular weight is 486 g/mol. The van der Waals surface area contributed by atoms with Crippen LogP contribution in [0.1, 0.15) is 41.4 Å². The molecule has 0 saturated heterocycles. The summed E-state index contributed by atoms with van der Waals surface area (Å²) in [5.74, 6) is -6.01. The van der Waals surface area contributed by atoms with Gasteiger partial charge in [0.15, 0.2) is 0 Å². The van der Waals surface area contributed by atoms with Gasteiger partial charge in [0.25, 0.3) is 11.6 Å². The fourth-order valence-electron chi connectivity index (χ4n) is 4.90. The lowest BCUT2D eigenvalue weighted by Crippen LogP contribution is -2.45. The van der Waals surface area contributed by atoms with Gasteiger partial charge >= 0.3 is 0 Å². The van der Waals surface area contributed by atoms with Crippen molar-refractivity contribution >= 4 is 23.1 Å². The van der Waals surface area contributed by atoms with E-state index in [0.29, 0.717) is 0 Å². The van der Waals surface area contributed by atoms with Gasteiger partial charge in [0.05, 0.1) is 0 Å². The van der Waals surface area contributed by atoms with Gasteiger partial charge < -0.3 is 18.9 Å². The molecule has 0 spiro atoms. The van der Waals surface area contributed by atoms with Gasteiger partial charge in [0.2, 0.25) is 23.1 Å². The smallest absolute Gasteiger partial charge is 0.299 e. The molecular weight excluding hydrogens is 464 g/mol. The van der Waals surface area contributed by atoms with E-state index in [9.17, 15) is 19.2 Å². The number of carbonyl (C=O) groups excluding carboxylic acids is 4. The molecule has 0 aliphatic heterocycles. The number of methoxy groups -OCH3 is 4. The summed E-state index contributed by atoms with van der Waals surface area (Å²) >= 11 is 0. The van der Waals surface area contributed by atoms with Crippen LogP contribution in [0.5, 0.6) is 0 Å². The van der Waals surface area contributed by atoms with Crippen LogP contribution < -0.4 is 0 Å². The molecule has 0 amide bonds. The van der Waals surface area contributed by atoms with Gasteiger partial charge in [0.1, 0.15) is 0 Å². The van der Waals surface area contributed by atoms with E-state index in [4.69, 9.17) is 18.9 Å². The molecule has 0 fully saturated rings. The van der Waals surface area contributed by atoms with E-state index in [1.807, 2.05) is 24.3 Å². The number of ketones is 4. The average Bonchev–Trinajstić information content (AvgIpc) is 3.27. The Morgan fingerprint density at radius 2 is 0.694 bits per heavy atom. The summed E-state index contributed by atoms with van der Waals surface area (Å²) in [7, 11) is 5.05. The first kappa shape index (κ1) is 23.9. The first-order valence-electron chi connectivity index (χ1n) is 11.1. The summed E-state index contributed by atoms with van der Waals surface area (Å²) in [6.07, 6.45) is 0. The fraction of sp³-hybridized carbons (Fsp3) is 0.214. The molecule has 0 aromatic heterocycles. The molecule has 0 bridgehead atoms. The van der Waals surface area contributed by atoms with Crippen LogP contribution in [-0.2, 0) is 18.9 Å². The van der Waals surface area contributed by atoms with Crippen molar-refractivity contribution in [2.24, 2.45) is 0 Å². The van der Waals surface area contributed by atoms with Crippen LogP contribution in [0.3, 0.4) is 0 Å². The van der Waals surface area contributed by atoms with Crippen LogP contribution in [0.4, 0.5) is 0 Å². The maximum Gasteiger partial charge on any atom is 0.299 e. The van der Waals surface area contributed by atoms with E-state index < -0.39 is 34.7 Å². The Hall–Kier alpha value is -3.82. The van der Waals surface area contributed by atoms with Gasteiger partial charge in [-0.15, -0.1) is 0 Å². The topological polar surface area (TPSA) is 105 Å². The lowest BCUT2D eigenvalue weighted by Gasteiger charge is -2.21. The number of ether oxygens (including phenoxy) is 4. The molecule has 0 radical (unpaired) electrons. The third-order valence-electron chi connectivity index (χ3n) is 6.91. The Balaban J connectivity index is 1.47. The Bertz CT molecular complexity index is 1330. The second kappa shape index (κ2) is 8.39. The van der Waals surface area contributed by atoms with Gasteiger partial charge in [-0.05, 0) is 46.5 Å². The highest BCUT2D eigenvalue weighted by Crippen LogP contribution is 2.38. The number of carbonyl (C=O) groups is 4. The third-order valence-corrected chi connectivity index (χ3v) is 6.91. The van der Waals surface area contributed by atoms with Crippen molar-refractivity contribution < 1.29 is 38.1 Å².